The van der Waals surface area contributed by atoms with Crippen LogP contribution in [0.4, 0.5) is 5.82 Å². The number of anilines is 1. The van der Waals surface area contributed by atoms with E-state index in [0.29, 0.717) is 6.42 Å². The molecule has 192 valence electrons. The molecule has 34 heavy (non-hydrogen) atoms. The number of thioether (sulfide) groups is 2. The van der Waals surface area contributed by atoms with Crippen LogP contribution in [-0.2, 0) is 4.79 Å². The van der Waals surface area contributed by atoms with Crippen LogP contribution in [0.1, 0.15) is 73.3 Å². The summed E-state index contributed by atoms with van der Waals surface area (Å²) in [6.45, 7) is 22.6. The number of aromatic nitrogens is 1. The fourth-order valence-corrected chi connectivity index (χ4v) is 3.90. The highest BCUT2D eigenvalue weighted by atomic mass is 32.2. The van der Waals surface area contributed by atoms with Gasteiger partial charge in [-0.1, -0.05) is 58.5 Å². The molecule has 1 aliphatic heterocycles. The van der Waals surface area contributed by atoms with Crippen molar-refractivity contribution in [3.63, 3.8) is 0 Å². The van der Waals surface area contributed by atoms with E-state index in [4.69, 9.17) is 4.99 Å². The Morgan fingerprint density at radius 1 is 1.18 bits per heavy atom. The van der Waals surface area contributed by atoms with Crippen molar-refractivity contribution in [1.82, 2.24) is 4.98 Å². The molecule has 0 saturated carbocycles. The Bertz CT molecular complexity index is 735. The van der Waals surface area contributed by atoms with Crippen LogP contribution in [0, 0.1) is 0 Å². The van der Waals surface area contributed by atoms with Crippen molar-refractivity contribution in [2.24, 2.45) is 4.99 Å². The van der Waals surface area contributed by atoms with Crippen LogP contribution >= 0.6 is 23.5 Å². The van der Waals surface area contributed by atoms with E-state index in [1.165, 1.54) is 10.7 Å². The van der Waals surface area contributed by atoms with Gasteiger partial charge in [-0.15, -0.1) is 13.2 Å². The maximum atomic E-state index is 10.9. The van der Waals surface area contributed by atoms with E-state index in [0.717, 1.165) is 54.2 Å². The molecule has 1 aliphatic rings. The second-order valence-electron chi connectivity index (χ2n) is 6.97. The summed E-state index contributed by atoms with van der Waals surface area (Å²) >= 11 is 3.54. The second-order valence-corrected chi connectivity index (χ2v) is 9.19. The van der Waals surface area contributed by atoms with Gasteiger partial charge in [-0.2, -0.15) is 11.8 Å². The zero-order chi connectivity index (χ0) is 26.4. The summed E-state index contributed by atoms with van der Waals surface area (Å²) in [6, 6.07) is 4.35. The maximum Gasteiger partial charge on any atom is 0.146 e. The number of pyridine rings is 1. The van der Waals surface area contributed by atoms with E-state index in [1.54, 1.807) is 11.8 Å². The molecule has 0 radical (unpaired) electrons. The van der Waals surface area contributed by atoms with Gasteiger partial charge >= 0.3 is 0 Å². The minimum absolute atomic E-state index is 0.135. The largest absolute Gasteiger partial charge is 0.357 e. The molecule has 0 fully saturated rings. The molecule has 0 spiro atoms. The first-order chi connectivity index (χ1) is 16.5. The van der Waals surface area contributed by atoms with Gasteiger partial charge in [0.15, 0.2) is 0 Å². The first-order valence-electron chi connectivity index (χ1n) is 12.3. The summed E-state index contributed by atoms with van der Waals surface area (Å²) < 4.78 is 0. The first-order valence-corrected chi connectivity index (χ1v) is 14.5. The second kappa shape index (κ2) is 23.0. The van der Waals surface area contributed by atoms with E-state index >= 15 is 0 Å². The zero-order valence-corrected chi connectivity index (χ0v) is 24.4. The third-order valence-corrected chi connectivity index (χ3v) is 6.45. The number of aldehydes is 1. The van der Waals surface area contributed by atoms with Crippen molar-refractivity contribution in [3.05, 3.63) is 59.7 Å². The molecule has 1 atom stereocenters. The standard InChI is InChI=1S/C21H29N3OS.C3H8S.C2H6.C2H4/c1-5-12-24(13-6-2)20-11-9-18(14-22-20)21-23-16(4)19(26-21)10-8-17(7-3)15-25;1-3-4-2;2*1-2/h7,9-11,14-16H,5-6,8,12-13H2,1-4H3;3H2,1-2H3;1-2H3;1-2H2/b17-7+,19-10+;;;. The highest BCUT2D eigenvalue weighted by Gasteiger charge is 2.21. The number of rotatable bonds is 10. The van der Waals surface area contributed by atoms with Crippen LogP contribution in [0.25, 0.3) is 0 Å². The molecule has 0 bridgehead atoms. The summed E-state index contributed by atoms with van der Waals surface area (Å²) in [5, 5.41) is 1.01. The summed E-state index contributed by atoms with van der Waals surface area (Å²) in [4.78, 5) is 23.9. The third kappa shape index (κ3) is 13.2. The Hall–Kier alpha value is -1.79. The molecule has 0 saturated heterocycles. The van der Waals surface area contributed by atoms with Crippen molar-refractivity contribution < 1.29 is 4.79 Å². The highest BCUT2D eigenvalue weighted by molar-refractivity contribution is 8.18. The van der Waals surface area contributed by atoms with Gasteiger partial charge < -0.3 is 4.90 Å². The smallest absolute Gasteiger partial charge is 0.146 e. The van der Waals surface area contributed by atoms with Crippen LogP contribution in [0.3, 0.4) is 0 Å². The molecule has 0 aliphatic carbocycles. The average Bonchev–Trinajstić information content (AvgIpc) is 3.27. The van der Waals surface area contributed by atoms with Crippen molar-refractivity contribution in [2.45, 2.75) is 73.8 Å². The zero-order valence-electron chi connectivity index (χ0n) is 22.8. The van der Waals surface area contributed by atoms with E-state index in [2.05, 4.69) is 75.2 Å². The molecule has 1 aromatic heterocycles. The minimum Gasteiger partial charge on any atom is -0.357 e. The lowest BCUT2D eigenvalue weighted by molar-refractivity contribution is -0.105. The van der Waals surface area contributed by atoms with Crippen molar-refractivity contribution >= 4 is 40.7 Å². The fourth-order valence-electron chi connectivity index (χ4n) is 2.84. The normalized spacial score (nSPS) is 15.6. The lowest BCUT2D eigenvalue weighted by Crippen LogP contribution is -2.25. The van der Waals surface area contributed by atoms with E-state index in [9.17, 15) is 4.79 Å². The fraction of sp³-hybridized carbons (Fsp3) is 0.536. The summed E-state index contributed by atoms with van der Waals surface area (Å²) in [6.07, 6.45) is 11.8. The minimum atomic E-state index is 0.135. The number of hydrogen-bond acceptors (Lipinski definition) is 6. The van der Waals surface area contributed by atoms with E-state index in [1.807, 2.05) is 44.8 Å². The molecule has 1 unspecified atom stereocenters. The van der Waals surface area contributed by atoms with Gasteiger partial charge in [-0.3, -0.25) is 9.79 Å². The number of carbonyl (C=O) groups is 1. The van der Waals surface area contributed by atoms with Gasteiger partial charge in [0, 0.05) is 29.8 Å². The van der Waals surface area contributed by atoms with Crippen molar-refractivity contribution in [3.8, 4) is 0 Å². The van der Waals surface area contributed by atoms with Crippen molar-refractivity contribution in [2.75, 3.05) is 30.0 Å². The molecule has 2 rings (SSSR count). The Labute approximate surface area is 218 Å². The van der Waals surface area contributed by atoms with E-state index < -0.39 is 0 Å². The highest BCUT2D eigenvalue weighted by Crippen LogP contribution is 2.34. The lowest BCUT2D eigenvalue weighted by atomic mass is 10.1. The predicted molar refractivity (Wildman–Crippen MR) is 160 cm³/mol. The Morgan fingerprint density at radius 2 is 1.76 bits per heavy atom. The molecular formula is C28H47N3OS2. The molecule has 0 amide bonds. The molecule has 0 aromatic carbocycles. The van der Waals surface area contributed by atoms with Crippen LogP contribution in [0.5, 0.6) is 0 Å². The van der Waals surface area contributed by atoms with Gasteiger partial charge in [0.25, 0.3) is 0 Å². The van der Waals surface area contributed by atoms with Crippen LogP contribution in [0.15, 0.2) is 59.1 Å². The van der Waals surface area contributed by atoms with Gasteiger partial charge in [-0.25, -0.2) is 4.98 Å². The molecule has 2 heterocycles. The quantitative estimate of drug-likeness (QED) is 0.182. The number of hydrogen-bond donors (Lipinski definition) is 0. The maximum absolute atomic E-state index is 10.9. The lowest BCUT2D eigenvalue weighted by Gasteiger charge is -2.22. The average molecular weight is 506 g/mol. The van der Waals surface area contributed by atoms with Crippen LogP contribution in [-0.4, -0.2) is 47.5 Å². The van der Waals surface area contributed by atoms with Crippen LogP contribution < -0.4 is 4.90 Å². The van der Waals surface area contributed by atoms with Gasteiger partial charge in [0.2, 0.25) is 0 Å². The Morgan fingerprint density at radius 3 is 2.18 bits per heavy atom. The van der Waals surface area contributed by atoms with Gasteiger partial charge in [-0.05, 0) is 62.8 Å². The monoisotopic (exact) mass is 505 g/mol. The van der Waals surface area contributed by atoms with Crippen molar-refractivity contribution in [1.29, 1.82) is 0 Å². The number of nitrogens with zero attached hydrogens (tertiary/aromatic N) is 3. The van der Waals surface area contributed by atoms with Crippen LogP contribution in [0.2, 0.25) is 0 Å². The molecule has 6 heteroatoms. The van der Waals surface area contributed by atoms with E-state index in [-0.39, 0.29) is 6.04 Å². The Balaban J connectivity index is 0. The molecule has 0 N–H and O–H groups in total. The SMILES string of the molecule is C/C=C(/C=O)C/C=C1/SC(c2ccc(N(CCC)CCC)nc2)=NC1C.C=C.CC.CCSC. The molecular weight excluding hydrogens is 458 g/mol. The number of allylic oxidation sites excluding steroid dienone is 3. The molecule has 1 aromatic rings. The summed E-state index contributed by atoms with van der Waals surface area (Å²) in [5.74, 6) is 2.27. The third-order valence-electron chi connectivity index (χ3n) is 4.59. The molecule has 4 nitrogen and oxygen atoms in total. The summed E-state index contributed by atoms with van der Waals surface area (Å²) in [5.41, 5.74) is 1.86. The number of aliphatic imine (C=N–C) groups is 1. The first kappa shape index (κ1) is 34.4. The van der Waals surface area contributed by atoms with Gasteiger partial charge in [0.05, 0.1) is 6.04 Å². The Kier molecular flexibility index (Phi) is 23.2. The van der Waals surface area contributed by atoms with Gasteiger partial charge in [0.1, 0.15) is 17.1 Å². The summed E-state index contributed by atoms with van der Waals surface area (Å²) in [7, 11) is 0. The predicted octanol–water partition coefficient (Wildman–Crippen LogP) is 8.21. The topological polar surface area (TPSA) is 45.6 Å². The number of carbonyl (C=O) groups excluding carboxylic acids is 1.